The van der Waals surface area contributed by atoms with Crippen LogP contribution in [0.2, 0.25) is 0 Å². The first-order chi connectivity index (χ1) is 9.18. The van der Waals surface area contributed by atoms with Crippen LogP contribution in [0.4, 0.5) is 5.13 Å². The molecule has 2 aromatic rings. The van der Waals surface area contributed by atoms with Gasteiger partial charge in [-0.25, -0.2) is 0 Å². The molecule has 2 N–H and O–H groups in total. The van der Waals surface area contributed by atoms with Gasteiger partial charge in [-0.3, -0.25) is 9.69 Å². The number of carbonyl (C=O) groups is 1. The summed E-state index contributed by atoms with van der Waals surface area (Å²) in [5.41, 5.74) is 2.04. The van der Waals surface area contributed by atoms with Gasteiger partial charge in [0.05, 0.1) is 5.75 Å². The molecule has 0 spiro atoms. The zero-order valence-electron chi connectivity index (χ0n) is 9.55. The minimum Gasteiger partial charge on any atom is -0.504 e. The number of aromatic nitrogens is 2. The molecular weight excluding hydrogens is 286 g/mol. The van der Waals surface area contributed by atoms with Crippen LogP contribution in [0.15, 0.2) is 23.7 Å². The lowest BCUT2D eigenvalue weighted by molar-refractivity contribution is -0.115. The number of hydrogen-bond acceptors (Lipinski definition) is 7. The van der Waals surface area contributed by atoms with Crippen molar-refractivity contribution in [2.24, 2.45) is 0 Å². The maximum absolute atomic E-state index is 12.0. The lowest BCUT2D eigenvalue weighted by atomic mass is 10.1. The normalized spacial score (nSPS) is 19.1. The van der Waals surface area contributed by atoms with E-state index >= 15 is 0 Å². The Kier molecular flexibility index (Phi) is 3.03. The molecule has 1 aromatic heterocycles. The van der Waals surface area contributed by atoms with E-state index in [4.69, 9.17) is 0 Å². The number of benzene rings is 1. The molecule has 2 heterocycles. The quantitative estimate of drug-likeness (QED) is 0.821. The van der Waals surface area contributed by atoms with Crippen molar-refractivity contribution in [3.8, 4) is 11.5 Å². The smallest absolute Gasteiger partial charge is 0.240 e. The summed E-state index contributed by atoms with van der Waals surface area (Å²) in [7, 11) is 0. The number of thioether (sulfide) groups is 1. The largest absolute Gasteiger partial charge is 0.504 e. The molecule has 3 rings (SSSR count). The minimum absolute atomic E-state index is 0.0884. The molecule has 1 aliphatic rings. The Morgan fingerprint density at radius 3 is 2.95 bits per heavy atom. The van der Waals surface area contributed by atoms with Gasteiger partial charge in [-0.2, -0.15) is 0 Å². The van der Waals surface area contributed by atoms with Gasteiger partial charge in [-0.15, -0.1) is 22.0 Å². The van der Waals surface area contributed by atoms with Gasteiger partial charge in [-0.1, -0.05) is 23.5 Å². The highest BCUT2D eigenvalue weighted by molar-refractivity contribution is 8.00. The van der Waals surface area contributed by atoms with Gasteiger partial charge in [0.15, 0.2) is 11.5 Å². The number of carbonyl (C=O) groups excluding carboxylic acids is 1. The molecule has 1 aliphatic heterocycles. The second kappa shape index (κ2) is 4.71. The lowest BCUT2D eigenvalue weighted by Crippen LogP contribution is -2.27. The molecular formula is C11H9N3O3S2. The van der Waals surface area contributed by atoms with Crippen molar-refractivity contribution in [2.45, 2.75) is 5.37 Å². The summed E-state index contributed by atoms with van der Waals surface area (Å²) in [6, 6.07) is 4.71. The average molecular weight is 295 g/mol. The summed E-state index contributed by atoms with van der Waals surface area (Å²) in [5.74, 6) is -0.187. The van der Waals surface area contributed by atoms with Gasteiger partial charge in [0.1, 0.15) is 10.9 Å². The number of aromatic hydroxyl groups is 2. The third-order valence-electron chi connectivity index (χ3n) is 2.73. The van der Waals surface area contributed by atoms with Gasteiger partial charge in [0.2, 0.25) is 11.0 Å². The number of nitrogens with zero attached hydrogens (tertiary/aromatic N) is 3. The number of amides is 1. The maximum Gasteiger partial charge on any atom is 0.240 e. The first-order valence-corrected chi connectivity index (χ1v) is 7.32. The van der Waals surface area contributed by atoms with Crippen molar-refractivity contribution in [1.29, 1.82) is 0 Å². The Balaban J connectivity index is 2.04. The second-order valence-corrected chi connectivity index (χ2v) is 5.74. The zero-order chi connectivity index (χ0) is 13.4. The third-order valence-corrected chi connectivity index (χ3v) is 4.62. The van der Waals surface area contributed by atoms with Gasteiger partial charge >= 0.3 is 0 Å². The van der Waals surface area contributed by atoms with Crippen molar-refractivity contribution in [3.63, 3.8) is 0 Å². The van der Waals surface area contributed by atoms with Gasteiger partial charge in [0.25, 0.3) is 0 Å². The summed E-state index contributed by atoms with van der Waals surface area (Å²) in [5, 5.41) is 27.2. The van der Waals surface area contributed by atoms with Crippen molar-refractivity contribution in [3.05, 3.63) is 29.3 Å². The number of para-hydroxylation sites is 1. The summed E-state index contributed by atoms with van der Waals surface area (Å²) in [6.45, 7) is 0. The van der Waals surface area contributed by atoms with Crippen LogP contribution >= 0.6 is 23.1 Å². The van der Waals surface area contributed by atoms with E-state index in [2.05, 4.69) is 10.2 Å². The predicted octanol–water partition coefficient (Wildman–Crippen LogP) is 1.73. The molecule has 19 heavy (non-hydrogen) atoms. The van der Waals surface area contributed by atoms with Crippen LogP contribution in [0.25, 0.3) is 0 Å². The molecule has 0 bridgehead atoms. The number of anilines is 1. The van der Waals surface area contributed by atoms with Crippen molar-refractivity contribution >= 4 is 34.1 Å². The zero-order valence-corrected chi connectivity index (χ0v) is 11.2. The standard InChI is InChI=1S/C11H9N3O3S2/c15-7-3-1-2-6(9(7)17)10-14(8(16)4-18-10)11-13-12-5-19-11/h1-3,5,10,15,17H,4H2/t10-/m0/s1. The molecule has 0 aliphatic carbocycles. The van der Waals surface area contributed by atoms with Crippen molar-refractivity contribution < 1.29 is 15.0 Å². The Morgan fingerprint density at radius 1 is 1.37 bits per heavy atom. The van der Waals surface area contributed by atoms with Crippen molar-refractivity contribution in [2.75, 3.05) is 10.7 Å². The second-order valence-electron chi connectivity index (χ2n) is 3.86. The number of phenols is 2. The highest BCUT2D eigenvalue weighted by atomic mass is 32.2. The SMILES string of the molecule is O=C1CS[C@@H](c2cccc(O)c2O)N1c1nncs1. The number of hydrogen-bond donors (Lipinski definition) is 2. The van der Waals surface area contributed by atoms with Crippen LogP contribution in [0.1, 0.15) is 10.9 Å². The fourth-order valence-corrected chi connectivity index (χ4v) is 3.73. The highest BCUT2D eigenvalue weighted by Gasteiger charge is 2.37. The fourth-order valence-electron chi connectivity index (χ4n) is 1.88. The molecule has 0 saturated carbocycles. The van der Waals surface area contributed by atoms with Gasteiger partial charge in [0, 0.05) is 5.56 Å². The van der Waals surface area contributed by atoms with Crippen LogP contribution in [0.5, 0.6) is 11.5 Å². The molecule has 0 radical (unpaired) electrons. The fraction of sp³-hybridized carbons (Fsp3) is 0.182. The molecule has 1 saturated heterocycles. The Labute approximate surface area is 116 Å². The molecule has 6 nitrogen and oxygen atoms in total. The van der Waals surface area contributed by atoms with E-state index in [1.54, 1.807) is 17.6 Å². The van der Waals surface area contributed by atoms with Crippen LogP contribution in [-0.2, 0) is 4.79 Å². The average Bonchev–Trinajstić information content (AvgIpc) is 3.02. The van der Waals surface area contributed by atoms with Crippen LogP contribution < -0.4 is 4.90 Å². The van der Waals surface area contributed by atoms with E-state index in [0.717, 1.165) is 0 Å². The van der Waals surface area contributed by atoms with Gasteiger partial charge < -0.3 is 10.2 Å². The number of rotatable bonds is 2. The highest BCUT2D eigenvalue weighted by Crippen LogP contribution is 2.46. The van der Waals surface area contributed by atoms with E-state index < -0.39 is 5.37 Å². The van der Waals surface area contributed by atoms with Crippen LogP contribution in [0, 0.1) is 0 Å². The molecule has 1 amide bonds. The summed E-state index contributed by atoms with van der Waals surface area (Å²) in [4.78, 5) is 13.4. The predicted molar refractivity (Wildman–Crippen MR) is 72.4 cm³/mol. The summed E-state index contributed by atoms with van der Waals surface area (Å²) in [6.07, 6.45) is 0. The lowest BCUT2D eigenvalue weighted by Gasteiger charge is -2.21. The summed E-state index contributed by atoms with van der Waals surface area (Å²) < 4.78 is 0. The molecule has 1 aromatic carbocycles. The monoisotopic (exact) mass is 295 g/mol. The van der Waals surface area contributed by atoms with Crippen molar-refractivity contribution in [1.82, 2.24) is 10.2 Å². The molecule has 8 heteroatoms. The van der Waals surface area contributed by atoms with E-state index in [9.17, 15) is 15.0 Å². The van der Waals surface area contributed by atoms with Crippen LogP contribution in [-0.4, -0.2) is 32.1 Å². The van der Waals surface area contributed by atoms with E-state index in [1.165, 1.54) is 34.1 Å². The Morgan fingerprint density at radius 2 is 2.21 bits per heavy atom. The summed E-state index contributed by atoms with van der Waals surface area (Å²) >= 11 is 2.63. The molecule has 1 atom stereocenters. The van der Waals surface area contributed by atoms with E-state index in [-0.39, 0.29) is 17.4 Å². The first kappa shape index (κ1) is 12.2. The Hall–Kier alpha value is -1.80. The third kappa shape index (κ3) is 2.02. The van der Waals surface area contributed by atoms with Crippen LogP contribution in [0.3, 0.4) is 0 Å². The molecule has 1 fully saturated rings. The minimum atomic E-state index is -0.396. The molecule has 0 unspecified atom stereocenters. The topological polar surface area (TPSA) is 86.5 Å². The van der Waals surface area contributed by atoms with Gasteiger partial charge in [-0.05, 0) is 6.07 Å². The van der Waals surface area contributed by atoms with E-state index in [0.29, 0.717) is 16.4 Å². The maximum atomic E-state index is 12.0. The molecule has 98 valence electrons. The first-order valence-electron chi connectivity index (χ1n) is 5.39. The number of phenolic OH excluding ortho intramolecular Hbond substituents is 2. The Bertz CT molecular complexity index is 618. The van der Waals surface area contributed by atoms with E-state index in [1.807, 2.05) is 0 Å².